The SMILES string of the molecule is CC(C)(C)c1ccc(C(=O)[O-])c(O)c1C(C)(C)C.CC(C)(C)c1ccc(C(=O)[O-])c(O)c1C(C)(C)C.[Sr+2]. The van der Waals surface area contributed by atoms with Crippen molar-refractivity contribution in [1.82, 2.24) is 0 Å². The number of carboxylic acids is 2. The molecule has 2 aromatic rings. The number of carbonyl (C=O) groups is 2. The van der Waals surface area contributed by atoms with E-state index in [1.807, 2.05) is 83.1 Å². The molecule has 0 bridgehead atoms. The molecular formula is C30H42O6Sr. The average molecular weight is 586 g/mol. The van der Waals surface area contributed by atoms with Gasteiger partial charge in [0.2, 0.25) is 0 Å². The number of carbonyl (C=O) groups excluding carboxylic acids is 2. The van der Waals surface area contributed by atoms with E-state index in [0.29, 0.717) is 11.1 Å². The Hall–Kier alpha value is -1.54. The molecule has 0 aromatic heterocycles. The largest absolute Gasteiger partial charge is 2.00 e. The van der Waals surface area contributed by atoms with Crippen molar-refractivity contribution in [1.29, 1.82) is 0 Å². The van der Waals surface area contributed by atoms with Gasteiger partial charge in [0.05, 0.1) is 11.9 Å². The first-order chi connectivity index (χ1) is 15.9. The monoisotopic (exact) mass is 586 g/mol. The van der Waals surface area contributed by atoms with Crippen LogP contribution < -0.4 is 10.2 Å². The van der Waals surface area contributed by atoms with E-state index in [1.54, 1.807) is 12.1 Å². The summed E-state index contributed by atoms with van der Waals surface area (Å²) in [5, 5.41) is 42.4. The topological polar surface area (TPSA) is 121 Å². The first-order valence-electron chi connectivity index (χ1n) is 12.1. The molecule has 2 aromatic carbocycles. The van der Waals surface area contributed by atoms with Crippen molar-refractivity contribution in [2.45, 2.75) is 105 Å². The summed E-state index contributed by atoms with van der Waals surface area (Å²) in [6.07, 6.45) is 0. The van der Waals surface area contributed by atoms with Crippen LogP contribution in [0.25, 0.3) is 0 Å². The molecule has 7 heteroatoms. The fourth-order valence-electron chi connectivity index (χ4n) is 4.28. The number of aromatic carboxylic acids is 2. The van der Waals surface area contributed by atoms with Crippen LogP contribution in [0.4, 0.5) is 0 Å². The van der Waals surface area contributed by atoms with Gasteiger partial charge in [-0.05, 0) is 44.9 Å². The van der Waals surface area contributed by atoms with Gasteiger partial charge in [0.25, 0.3) is 0 Å². The standard InChI is InChI=1S/2C15H22O3.Sr/c2*1-14(2,3)10-8-7-9(13(17)18)12(16)11(10)15(4,5)6;/h2*7-8,16H,1-6H3,(H,17,18);/q;;+2/p-2. The molecule has 200 valence electrons. The number of benzene rings is 2. The van der Waals surface area contributed by atoms with Crippen molar-refractivity contribution in [3.8, 4) is 11.5 Å². The molecule has 0 unspecified atom stereocenters. The third kappa shape index (κ3) is 8.74. The zero-order valence-corrected chi connectivity index (χ0v) is 28.0. The average Bonchev–Trinajstić information content (AvgIpc) is 2.63. The van der Waals surface area contributed by atoms with Crippen molar-refractivity contribution in [2.75, 3.05) is 0 Å². The Labute approximate surface area is 259 Å². The summed E-state index contributed by atoms with van der Waals surface area (Å²) in [4.78, 5) is 22.0. The molecule has 0 spiro atoms. The van der Waals surface area contributed by atoms with E-state index in [-0.39, 0.29) is 89.8 Å². The van der Waals surface area contributed by atoms with Gasteiger partial charge in [-0.2, -0.15) is 0 Å². The van der Waals surface area contributed by atoms with E-state index >= 15 is 0 Å². The first-order valence-corrected chi connectivity index (χ1v) is 12.1. The summed E-state index contributed by atoms with van der Waals surface area (Å²) in [6.45, 7) is 24.0. The second-order valence-electron chi connectivity index (χ2n) is 13.3. The summed E-state index contributed by atoms with van der Waals surface area (Å²) < 4.78 is 0. The van der Waals surface area contributed by atoms with Gasteiger partial charge in [0, 0.05) is 22.3 Å². The molecule has 0 amide bonds. The summed E-state index contributed by atoms with van der Waals surface area (Å²) in [5.74, 6) is -3.04. The fourth-order valence-corrected chi connectivity index (χ4v) is 4.28. The number of phenols is 2. The second kappa shape index (κ2) is 12.1. The van der Waals surface area contributed by atoms with E-state index in [2.05, 4.69) is 0 Å². The van der Waals surface area contributed by atoms with Crippen molar-refractivity contribution in [3.63, 3.8) is 0 Å². The molecule has 6 nitrogen and oxygen atoms in total. The fraction of sp³-hybridized carbons (Fsp3) is 0.533. The molecule has 0 fully saturated rings. The van der Waals surface area contributed by atoms with Gasteiger partial charge >= 0.3 is 45.5 Å². The Bertz CT molecular complexity index is 1050. The Morgan fingerprint density at radius 3 is 0.946 bits per heavy atom. The summed E-state index contributed by atoms with van der Waals surface area (Å²) in [6, 6.07) is 6.37. The van der Waals surface area contributed by atoms with Gasteiger partial charge in [0.15, 0.2) is 0 Å². The smallest absolute Gasteiger partial charge is 0.545 e. The first kappa shape index (κ1) is 35.5. The minimum Gasteiger partial charge on any atom is -0.545 e. The maximum atomic E-state index is 11.0. The Kier molecular flexibility index (Phi) is 11.6. The van der Waals surface area contributed by atoms with E-state index in [0.717, 1.165) is 11.1 Å². The molecule has 0 radical (unpaired) electrons. The molecule has 0 aliphatic heterocycles. The van der Waals surface area contributed by atoms with E-state index in [1.165, 1.54) is 12.1 Å². The Morgan fingerprint density at radius 2 is 0.784 bits per heavy atom. The number of hydrogen-bond donors (Lipinski definition) is 2. The van der Waals surface area contributed by atoms with Crippen molar-refractivity contribution in [3.05, 3.63) is 57.6 Å². The maximum Gasteiger partial charge on any atom is 2.00 e. The van der Waals surface area contributed by atoms with Gasteiger partial charge in [-0.25, -0.2) is 0 Å². The number of aromatic hydroxyl groups is 2. The van der Waals surface area contributed by atoms with Gasteiger partial charge in [-0.3, -0.25) is 0 Å². The summed E-state index contributed by atoms with van der Waals surface area (Å²) in [5.41, 5.74) is 1.98. The minimum absolute atomic E-state index is 0. The number of carboxylic acid groups (broad SMARTS) is 2. The third-order valence-electron chi connectivity index (χ3n) is 5.91. The molecule has 2 N–H and O–H groups in total. The quantitative estimate of drug-likeness (QED) is 0.506. The van der Waals surface area contributed by atoms with Crippen LogP contribution in [0.3, 0.4) is 0 Å². The van der Waals surface area contributed by atoms with Crippen LogP contribution in [0.5, 0.6) is 11.5 Å². The Balaban J connectivity index is 0.000000682. The van der Waals surface area contributed by atoms with Crippen LogP contribution in [0, 0.1) is 0 Å². The molecule has 37 heavy (non-hydrogen) atoms. The Morgan fingerprint density at radius 1 is 0.541 bits per heavy atom. The van der Waals surface area contributed by atoms with Gasteiger partial charge in [0.1, 0.15) is 11.5 Å². The van der Waals surface area contributed by atoms with Crippen LogP contribution in [-0.2, 0) is 21.7 Å². The van der Waals surface area contributed by atoms with Crippen LogP contribution in [-0.4, -0.2) is 67.6 Å². The zero-order valence-electron chi connectivity index (χ0n) is 24.5. The van der Waals surface area contributed by atoms with E-state index in [4.69, 9.17) is 0 Å². The van der Waals surface area contributed by atoms with Crippen LogP contribution >= 0.6 is 0 Å². The summed E-state index contributed by atoms with van der Waals surface area (Å²) >= 11 is 0. The predicted octanol–water partition coefficient (Wildman–Crippen LogP) is 4.32. The van der Waals surface area contributed by atoms with Crippen LogP contribution in [0.15, 0.2) is 24.3 Å². The van der Waals surface area contributed by atoms with Crippen molar-refractivity contribution >= 4 is 57.4 Å². The molecule has 2 rings (SSSR count). The number of rotatable bonds is 2. The van der Waals surface area contributed by atoms with Crippen LogP contribution in [0.2, 0.25) is 0 Å². The van der Waals surface area contributed by atoms with Gasteiger partial charge < -0.3 is 30.0 Å². The maximum absolute atomic E-state index is 11.0. The van der Waals surface area contributed by atoms with Crippen molar-refractivity contribution in [2.24, 2.45) is 0 Å². The molecular weight excluding hydrogens is 544 g/mol. The molecule has 0 atom stereocenters. The van der Waals surface area contributed by atoms with E-state index in [9.17, 15) is 30.0 Å². The normalized spacial score (nSPS) is 12.2. The van der Waals surface area contributed by atoms with Crippen molar-refractivity contribution < 1.29 is 30.0 Å². The third-order valence-corrected chi connectivity index (χ3v) is 5.91. The summed E-state index contributed by atoms with van der Waals surface area (Å²) in [7, 11) is 0. The molecule has 0 saturated heterocycles. The molecule has 0 heterocycles. The van der Waals surface area contributed by atoms with Gasteiger partial charge in [-0.1, -0.05) is 95.2 Å². The minimum atomic E-state index is -1.35. The van der Waals surface area contributed by atoms with Gasteiger partial charge in [-0.15, -0.1) is 0 Å². The predicted molar refractivity (Wildman–Crippen MR) is 145 cm³/mol. The number of hydrogen-bond acceptors (Lipinski definition) is 6. The zero-order chi connectivity index (χ0) is 28.6. The molecule has 0 aliphatic carbocycles. The van der Waals surface area contributed by atoms with Crippen LogP contribution in [0.1, 0.15) is 126 Å². The second-order valence-corrected chi connectivity index (χ2v) is 13.3. The molecule has 0 aliphatic rings. The van der Waals surface area contributed by atoms with E-state index < -0.39 is 11.9 Å². The molecule has 0 saturated carbocycles.